The summed E-state index contributed by atoms with van der Waals surface area (Å²) in [5.74, 6) is 0. The molecule has 0 unspecified atom stereocenters. The SMILES string of the molecule is [BaH2].[MgH2].[Nb].[Ta]. The van der Waals surface area contributed by atoms with Crippen molar-refractivity contribution in [3.63, 3.8) is 0 Å². The fourth-order valence-corrected chi connectivity index (χ4v) is 0. The zero-order valence-electron chi connectivity index (χ0n) is 0.894. The molecule has 0 aromatic rings. The van der Waals surface area contributed by atoms with E-state index in [0.29, 0.717) is 0 Å². The molecule has 0 spiro atoms. The minimum absolute atomic E-state index is 0. The molecule has 0 atom stereocenters. The van der Waals surface area contributed by atoms with Crippen LogP contribution in [-0.4, -0.2) is 71.9 Å². The van der Waals surface area contributed by atoms with E-state index in [2.05, 4.69) is 0 Å². The van der Waals surface area contributed by atoms with Gasteiger partial charge in [0.05, 0.1) is 0 Å². The third kappa shape index (κ3) is 9.26. The van der Waals surface area contributed by atoms with Crippen LogP contribution in [0.4, 0.5) is 0 Å². The third-order valence-corrected chi connectivity index (χ3v) is 0. The summed E-state index contributed by atoms with van der Waals surface area (Å²) in [5, 5.41) is 0. The molecule has 0 aliphatic rings. The van der Waals surface area contributed by atoms with Crippen molar-refractivity contribution in [3.05, 3.63) is 0 Å². The van der Waals surface area contributed by atoms with Crippen LogP contribution in [0.1, 0.15) is 0 Å². The molecule has 0 aromatic carbocycles. The smallest absolute Gasteiger partial charge is 0 e. The van der Waals surface area contributed by atoms with Gasteiger partial charge >= 0.3 is 71.9 Å². The van der Waals surface area contributed by atoms with Gasteiger partial charge in [-0.1, -0.05) is 0 Å². The Morgan fingerprint density at radius 1 is 1.00 bits per heavy atom. The maximum Gasteiger partial charge on any atom is 0.316 e. The van der Waals surface area contributed by atoms with E-state index in [1.54, 1.807) is 0 Å². The van der Waals surface area contributed by atoms with Crippen molar-refractivity contribution in [3.8, 4) is 0 Å². The van der Waals surface area contributed by atoms with Crippen LogP contribution in [0.3, 0.4) is 0 Å². The van der Waals surface area contributed by atoms with Gasteiger partial charge in [-0.15, -0.1) is 0 Å². The van der Waals surface area contributed by atoms with E-state index in [1.165, 1.54) is 0 Å². The predicted octanol–water partition coefficient (Wildman–Crippen LogP) is -1.84. The summed E-state index contributed by atoms with van der Waals surface area (Å²) < 4.78 is 0. The molecule has 0 fully saturated rings. The number of hydrogen-bond acceptors (Lipinski definition) is 0. The average Bonchev–Trinajstić information content (AvgIpc) is 0. The first-order valence-electron chi connectivity index (χ1n) is 0. The summed E-state index contributed by atoms with van der Waals surface area (Å²) in [4.78, 5) is 0. The normalized spacial score (nSPS) is 0. The Labute approximate surface area is 113 Å². The molecular weight excluding hydrogens is 435 g/mol. The van der Waals surface area contributed by atoms with Crippen LogP contribution >= 0.6 is 0 Å². The predicted molar refractivity (Wildman–Crippen MR) is 17.1 cm³/mol. The molecule has 0 amide bonds. The van der Waals surface area contributed by atoms with E-state index in [9.17, 15) is 0 Å². The fourth-order valence-electron chi connectivity index (χ4n) is 0. The van der Waals surface area contributed by atoms with Crippen LogP contribution in [0.5, 0.6) is 0 Å². The minimum Gasteiger partial charge on any atom is 0 e. The van der Waals surface area contributed by atoms with Gasteiger partial charge in [-0.05, 0) is 0 Å². The molecule has 0 heterocycles. The van der Waals surface area contributed by atoms with Crippen molar-refractivity contribution in [1.82, 2.24) is 0 Å². The van der Waals surface area contributed by atoms with Gasteiger partial charge in [-0.2, -0.15) is 0 Å². The van der Waals surface area contributed by atoms with Gasteiger partial charge in [-0.3, -0.25) is 0 Å². The van der Waals surface area contributed by atoms with E-state index in [4.69, 9.17) is 0 Å². The topological polar surface area (TPSA) is 0 Å². The van der Waals surface area contributed by atoms with Crippen molar-refractivity contribution < 1.29 is 44.8 Å². The quantitative estimate of drug-likeness (QED) is 0.390. The van der Waals surface area contributed by atoms with E-state index >= 15 is 0 Å². The summed E-state index contributed by atoms with van der Waals surface area (Å²) in [6.07, 6.45) is 0. The van der Waals surface area contributed by atoms with Crippen molar-refractivity contribution in [2.24, 2.45) is 0 Å². The Bertz CT molecular complexity index is 8.00. The van der Waals surface area contributed by atoms with Crippen molar-refractivity contribution in [2.45, 2.75) is 0 Å². The number of rotatable bonds is 0. The second-order valence-corrected chi connectivity index (χ2v) is 0. The zero-order valence-corrected chi connectivity index (χ0v) is 6.31. The largest absolute Gasteiger partial charge is 0.316 e. The molecule has 0 rings (SSSR count). The Balaban J connectivity index is 0. The summed E-state index contributed by atoms with van der Waals surface area (Å²) in [5.41, 5.74) is 0. The van der Waals surface area contributed by atoms with Gasteiger partial charge in [-0.25, -0.2) is 0 Å². The van der Waals surface area contributed by atoms with Crippen LogP contribution in [0.15, 0.2) is 0 Å². The first-order valence-corrected chi connectivity index (χ1v) is 0. The first-order chi connectivity index (χ1) is 0. The molecule has 0 aliphatic heterocycles. The van der Waals surface area contributed by atoms with Gasteiger partial charge in [0.15, 0.2) is 0 Å². The Hall–Kier alpha value is 3.82. The van der Waals surface area contributed by atoms with Gasteiger partial charge in [0.2, 0.25) is 0 Å². The third-order valence-electron chi connectivity index (χ3n) is 0. The van der Waals surface area contributed by atoms with Crippen LogP contribution in [0.25, 0.3) is 0 Å². The van der Waals surface area contributed by atoms with Gasteiger partial charge in [0, 0.05) is 44.8 Å². The van der Waals surface area contributed by atoms with E-state index in [1.807, 2.05) is 0 Å². The number of hydrogen-bond donors (Lipinski definition) is 0. The molecule has 0 saturated carbocycles. The first kappa shape index (κ1) is 24.9. The average molecular weight is 440 g/mol. The summed E-state index contributed by atoms with van der Waals surface area (Å²) in [7, 11) is 0. The molecule has 0 bridgehead atoms. The van der Waals surface area contributed by atoms with Crippen LogP contribution < -0.4 is 0 Å². The minimum atomic E-state index is 0. The molecule has 0 nitrogen and oxygen atoms in total. The summed E-state index contributed by atoms with van der Waals surface area (Å²) >= 11 is 0. The molecule has 0 aliphatic carbocycles. The Morgan fingerprint density at radius 3 is 1.00 bits per heavy atom. The Morgan fingerprint density at radius 2 is 1.00 bits per heavy atom. The fraction of sp³-hybridized carbons (Fsp3) is 0. The van der Waals surface area contributed by atoms with Crippen LogP contribution in [0.2, 0.25) is 0 Å². The van der Waals surface area contributed by atoms with Gasteiger partial charge in [0.25, 0.3) is 0 Å². The summed E-state index contributed by atoms with van der Waals surface area (Å²) in [6.45, 7) is 0. The molecule has 2 radical (unpaired) electrons. The van der Waals surface area contributed by atoms with Gasteiger partial charge in [0.1, 0.15) is 0 Å². The molecule has 0 aromatic heterocycles. The molecule has 4 heteroatoms. The van der Waals surface area contributed by atoms with Crippen molar-refractivity contribution >= 4 is 71.9 Å². The standard InChI is InChI=1S/Ba.Mg.Nb.Ta.4H. The second kappa shape index (κ2) is 15.8. The van der Waals surface area contributed by atoms with Gasteiger partial charge < -0.3 is 0 Å². The second-order valence-electron chi connectivity index (χ2n) is 0. The van der Waals surface area contributed by atoms with Crippen LogP contribution in [-0.2, 0) is 44.8 Å². The molecule has 4 heavy (non-hydrogen) atoms. The monoisotopic (exact) mass is 440 g/mol. The molecule has 0 saturated heterocycles. The molecule has 0 N–H and O–H groups in total. The van der Waals surface area contributed by atoms with Crippen LogP contribution in [0, 0.1) is 0 Å². The Kier molecular flexibility index (Phi) is 98.7. The maximum atomic E-state index is 0. The van der Waals surface area contributed by atoms with Crippen molar-refractivity contribution in [2.75, 3.05) is 0 Å². The molecular formula is H4BaMgNbTa. The van der Waals surface area contributed by atoms with E-state index in [-0.39, 0.29) is 117 Å². The molecule has 18 valence electrons. The summed E-state index contributed by atoms with van der Waals surface area (Å²) in [6, 6.07) is 0. The zero-order chi connectivity index (χ0) is 0. The van der Waals surface area contributed by atoms with Crippen molar-refractivity contribution in [1.29, 1.82) is 0 Å². The van der Waals surface area contributed by atoms with E-state index < -0.39 is 0 Å². The van der Waals surface area contributed by atoms with E-state index in [0.717, 1.165) is 0 Å². The maximum absolute atomic E-state index is 0.